The van der Waals surface area contributed by atoms with E-state index in [1.165, 1.54) is 37.1 Å². The van der Waals surface area contributed by atoms with Crippen molar-refractivity contribution in [1.82, 2.24) is 0 Å². The predicted octanol–water partition coefficient (Wildman–Crippen LogP) is 3.51. The van der Waals surface area contributed by atoms with Gasteiger partial charge in [-0.1, -0.05) is 30.5 Å². The summed E-state index contributed by atoms with van der Waals surface area (Å²) in [4.78, 5) is 2.41. The Hall–Kier alpha value is -0.890. The number of para-hydroxylation sites is 1. The molecule has 0 saturated heterocycles. The molecule has 2 aliphatic rings. The fourth-order valence-electron chi connectivity index (χ4n) is 3.16. The third-order valence-electron chi connectivity index (χ3n) is 4.18. The molecule has 1 aromatic carbocycles. The van der Waals surface area contributed by atoms with Crippen LogP contribution in [-0.4, -0.2) is 19.1 Å². The van der Waals surface area contributed by atoms with Crippen LogP contribution >= 0.6 is 11.6 Å². The first-order valence-corrected chi connectivity index (χ1v) is 6.37. The van der Waals surface area contributed by atoms with Crippen molar-refractivity contribution in [2.24, 2.45) is 0 Å². The molecule has 16 heavy (non-hydrogen) atoms. The molecule has 3 rings (SSSR count). The molecule has 1 aliphatic carbocycles. The van der Waals surface area contributed by atoms with Crippen molar-refractivity contribution >= 4 is 23.0 Å². The van der Waals surface area contributed by atoms with E-state index in [-0.39, 0.29) is 0 Å². The third-order valence-corrected chi connectivity index (χ3v) is 4.48. The van der Waals surface area contributed by atoms with Gasteiger partial charge >= 0.3 is 0 Å². The molecule has 0 aromatic heterocycles. The van der Waals surface area contributed by atoms with Crippen LogP contribution in [0.5, 0.6) is 0 Å². The standard InChI is InChI=1S/C13H17ClN2/c1-16-12-10(14)5-4-6-11(12)15-9-13(16)7-2-3-8-13/h4-6,15H,2-3,7-9H2,1H3. The average molecular weight is 237 g/mol. The smallest absolute Gasteiger partial charge is 0.0793 e. The number of likely N-dealkylation sites (N-methyl/N-ethyl adjacent to an activating group) is 1. The Morgan fingerprint density at radius 3 is 2.81 bits per heavy atom. The molecule has 1 N–H and O–H groups in total. The number of benzene rings is 1. The van der Waals surface area contributed by atoms with E-state index in [0.717, 1.165) is 11.6 Å². The van der Waals surface area contributed by atoms with Gasteiger partial charge in [-0.15, -0.1) is 0 Å². The van der Waals surface area contributed by atoms with Gasteiger partial charge in [0.25, 0.3) is 0 Å². The van der Waals surface area contributed by atoms with E-state index >= 15 is 0 Å². The van der Waals surface area contributed by atoms with Gasteiger partial charge in [0.1, 0.15) is 0 Å². The Labute approximate surface area is 102 Å². The van der Waals surface area contributed by atoms with Crippen molar-refractivity contribution in [1.29, 1.82) is 0 Å². The Balaban J connectivity index is 2.07. The lowest BCUT2D eigenvalue weighted by molar-refractivity contribution is 0.429. The summed E-state index contributed by atoms with van der Waals surface area (Å²) in [5, 5.41) is 4.40. The lowest BCUT2D eigenvalue weighted by atomic mass is 9.92. The van der Waals surface area contributed by atoms with Gasteiger partial charge in [0.05, 0.1) is 21.9 Å². The fraction of sp³-hybridized carbons (Fsp3) is 0.538. The monoisotopic (exact) mass is 236 g/mol. The zero-order valence-corrected chi connectivity index (χ0v) is 10.3. The van der Waals surface area contributed by atoms with E-state index < -0.39 is 0 Å². The summed E-state index contributed by atoms with van der Waals surface area (Å²) in [6.45, 7) is 1.05. The molecule has 1 spiro atoms. The Morgan fingerprint density at radius 2 is 2.06 bits per heavy atom. The van der Waals surface area contributed by atoms with E-state index in [4.69, 9.17) is 11.6 Å². The zero-order chi connectivity index (χ0) is 11.2. The van der Waals surface area contributed by atoms with Crippen LogP contribution in [0.25, 0.3) is 0 Å². The lowest BCUT2D eigenvalue weighted by Gasteiger charge is -2.46. The molecule has 0 bridgehead atoms. The Bertz CT molecular complexity index is 410. The molecule has 1 aliphatic heterocycles. The number of hydrogen-bond donors (Lipinski definition) is 1. The summed E-state index contributed by atoms with van der Waals surface area (Å²) in [6, 6.07) is 6.10. The number of nitrogens with one attached hydrogen (secondary N) is 1. The topological polar surface area (TPSA) is 15.3 Å². The van der Waals surface area contributed by atoms with Crippen molar-refractivity contribution in [3.63, 3.8) is 0 Å². The van der Waals surface area contributed by atoms with E-state index in [2.05, 4.69) is 23.3 Å². The zero-order valence-electron chi connectivity index (χ0n) is 9.59. The first kappa shape index (κ1) is 10.3. The molecule has 1 fully saturated rings. The molecule has 0 unspecified atom stereocenters. The van der Waals surface area contributed by atoms with Gasteiger partial charge < -0.3 is 10.2 Å². The number of rotatable bonds is 0. The number of hydrogen-bond acceptors (Lipinski definition) is 2. The first-order chi connectivity index (χ1) is 7.73. The molecule has 3 heteroatoms. The molecule has 0 amide bonds. The summed E-state index contributed by atoms with van der Waals surface area (Å²) in [7, 11) is 2.19. The second kappa shape index (κ2) is 3.56. The molecule has 0 atom stereocenters. The van der Waals surface area contributed by atoms with Gasteiger partial charge in [0.2, 0.25) is 0 Å². The van der Waals surface area contributed by atoms with Gasteiger partial charge in [-0.05, 0) is 25.0 Å². The highest BCUT2D eigenvalue weighted by Gasteiger charge is 2.41. The Morgan fingerprint density at radius 1 is 1.31 bits per heavy atom. The van der Waals surface area contributed by atoms with Crippen molar-refractivity contribution < 1.29 is 0 Å². The van der Waals surface area contributed by atoms with Gasteiger partial charge in [0, 0.05) is 13.6 Å². The minimum absolute atomic E-state index is 0.304. The quantitative estimate of drug-likeness (QED) is 0.742. The molecule has 1 heterocycles. The summed E-state index contributed by atoms with van der Waals surface area (Å²) in [5.41, 5.74) is 2.66. The van der Waals surface area contributed by atoms with Crippen LogP contribution in [0, 0.1) is 0 Å². The second-order valence-corrected chi connectivity index (χ2v) is 5.39. The minimum Gasteiger partial charge on any atom is -0.381 e. The van der Waals surface area contributed by atoms with Gasteiger partial charge in [-0.2, -0.15) is 0 Å². The van der Waals surface area contributed by atoms with E-state index in [1.54, 1.807) is 0 Å². The number of nitrogens with zero attached hydrogens (tertiary/aromatic N) is 1. The highest BCUT2D eigenvalue weighted by atomic mass is 35.5. The molecule has 1 aromatic rings. The van der Waals surface area contributed by atoms with Crippen LogP contribution in [0.2, 0.25) is 5.02 Å². The fourth-order valence-corrected chi connectivity index (χ4v) is 3.46. The van der Waals surface area contributed by atoms with Crippen molar-refractivity contribution in [2.45, 2.75) is 31.2 Å². The van der Waals surface area contributed by atoms with Crippen LogP contribution in [0.3, 0.4) is 0 Å². The molecular weight excluding hydrogens is 220 g/mol. The number of anilines is 2. The second-order valence-electron chi connectivity index (χ2n) is 4.98. The largest absolute Gasteiger partial charge is 0.381 e. The van der Waals surface area contributed by atoms with Crippen molar-refractivity contribution in [2.75, 3.05) is 23.8 Å². The predicted molar refractivity (Wildman–Crippen MR) is 69.5 cm³/mol. The maximum atomic E-state index is 6.32. The minimum atomic E-state index is 0.304. The highest BCUT2D eigenvalue weighted by molar-refractivity contribution is 6.34. The van der Waals surface area contributed by atoms with Crippen molar-refractivity contribution in [3.8, 4) is 0 Å². The van der Waals surface area contributed by atoms with Crippen molar-refractivity contribution in [3.05, 3.63) is 23.2 Å². The SMILES string of the molecule is CN1c2c(Cl)cccc2NCC12CCCC2. The van der Waals surface area contributed by atoms with E-state index in [0.29, 0.717) is 5.54 Å². The molecule has 86 valence electrons. The van der Waals surface area contributed by atoms with Crippen LogP contribution in [0.4, 0.5) is 11.4 Å². The van der Waals surface area contributed by atoms with Gasteiger partial charge in [0.15, 0.2) is 0 Å². The number of halogens is 1. The van der Waals surface area contributed by atoms with Crippen LogP contribution in [-0.2, 0) is 0 Å². The molecule has 2 nitrogen and oxygen atoms in total. The normalized spacial score (nSPS) is 22.0. The summed E-state index contributed by atoms with van der Waals surface area (Å²) in [6.07, 6.45) is 5.24. The maximum absolute atomic E-state index is 6.32. The summed E-state index contributed by atoms with van der Waals surface area (Å²) >= 11 is 6.32. The van der Waals surface area contributed by atoms with Gasteiger partial charge in [-0.3, -0.25) is 0 Å². The lowest BCUT2D eigenvalue weighted by Crippen LogP contribution is -2.52. The number of fused-ring (bicyclic) bond motifs is 1. The average Bonchev–Trinajstić information content (AvgIpc) is 2.74. The summed E-state index contributed by atoms with van der Waals surface area (Å²) in [5.74, 6) is 0. The molecule has 1 saturated carbocycles. The summed E-state index contributed by atoms with van der Waals surface area (Å²) < 4.78 is 0. The van der Waals surface area contributed by atoms with Crippen LogP contribution < -0.4 is 10.2 Å². The van der Waals surface area contributed by atoms with Crippen LogP contribution in [0.1, 0.15) is 25.7 Å². The third kappa shape index (κ3) is 1.32. The Kier molecular flexibility index (Phi) is 2.28. The first-order valence-electron chi connectivity index (χ1n) is 5.99. The van der Waals surface area contributed by atoms with E-state index in [9.17, 15) is 0 Å². The van der Waals surface area contributed by atoms with E-state index in [1.807, 2.05) is 12.1 Å². The van der Waals surface area contributed by atoms with Crippen LogP contribution in [0.15, 0.2) is 18.2 Å². The highest BCUT2D eigenvalue weighted by Crippen LogP contribution is 2.46. The maximum Gasteiger partial charge on any atom is 0.0793 e. The molecular formula is C13H17ClN2. The van der Waals surface area contributed by atoms with Gasteiger partial charge in [-0.25, -0.2) is 0 Å². The molecule has 0 radical (unpaired) electrons.